The van der Waals surface area contributed by atoms with Gasteiger partial charge in [-0.1, -0.05) is 18.2 Å². The number of nitrogens with one attached hydrogen (secondary N) is 1. The number of primary sulfonamides is 1. The van der Waals surface area contributed by atoms with Gasteiger partial charge in [0.25, 0.3) is 15.9 Å². The first-order chi connectivity index (χ1) is 20.1. The first kappa shape index (κ1) is 29.4. The maximum atomic E-state index is 14.1. The highest BCUT2D eigenvalue weighted by Gasteiger charge is 2.32. The average Bonchev–Trinajstić information content (AvgIpc) is 2.99. The van der Waals surface area contributed by atoms with Crippen LogP contribution in [0.1, 0.15) is 45.5 Å². The smallest absolute Gasteiger partial charge is 0.259 e. The van der Waals surface area contributed by atoms with Gasteiger partial charge >= 0.3 is 0 Å². The van der Waals surface area contributed by atoms with Crippen molar-refractivity contribution < 1.29 is 13.2 Å². The summed E-state index contributed by atoms with van der Waals surface area (Å²) in [6, 6.07) is 12.3. The molecule has 0 saturated carbocycles. The van der Waals surface area contributed by atoms with Gasteiger partial charge in [0.1, 0.15) is 6.07 Å². The summed E-state index contributed by atoms with van der Waals surface area (Å²) in [6.07, 6.45) is 4.56. The number of hydrogen-bond acceptors (Lipinski definition) is 9. The molecule has 1 amide bonds. The lowest BCUT2D eigenvalue weighted by molar-refractivity contribution is 0.0744. The number of hydrogen-bond donors (Lipinski definition) is 2. The molecule has 2 saturated heterocycles. The van der Waals surface area contributed by atoms with Crippen molar-refractivity contribution in [3.8, 4) is 6.07 Å². The molecule has 3 N–H and O–H groups in total. The lowest BCUT2D eigenvalue weighted by atomic mass is 9.92. The number of rotatable bonds is 6. The molecule has 0 radical (unpaired) electrons. The third kappa shape index (κ3) is 5.68. The van der Waals surface area contributed by atoms with Crippen molar-refractivity contribution in [1.29, 1.82) is 5.26 Å². The summed E-state index contributed by atoms with van der Waals surface area (Å²) < 4.78 is 24.1. The topological polar surface area (TPSA) is 149 Å². The van der Waals surface area contributed by atoms with Crippen molar-refractivity contribution in [3.05, 3.63) is 70.5 Å². The highest BCUT2D eigenvalue weighted by atomic mass is 32.2. The minimum absolute atomic E-state index is 0.0736. The number of sulfonamides is 1. The van der Waals surface area contributed by atoms with Crippen LogP contribution in [0.4, 0.5) is 17.2 Å². The van der Waals surface area contributed by atoms with Crippen LogP contribution in [0.25, 0.3) is 0 Å². The Bertz CT molecular complexity index is 1640. The molecule has 1 aromatic heterocycles. The molecule has 2 aliphatic rings. The van der Waals surface area contributed by atoms with E-state index >= 15 is 0 Å². The Morgan fingerprint density at radius 2 is 1.71 bits per heavy atom. The third-order valence-corrected chi connectivity index (χ3v) is 8.95. The predicted octanol–water partition coefficient (Wildman–Crippen LogP) is 2.77. The number of aromatic nitrogens is 2. The molecule has 5 rings (SSSR count). The quantitative estimate of drug-likeness (QED) is 0.443. The number of para-hydroxylation sites is 1. The second kappa shape index (κ2) is 12.1. The number of nitrogens with two attached hydrogens (primary N) is 1. The fourth-order valence-corrected chi connectivity index (χ4v) is 6.88. The summed E-state index contributed by atoms with van der Waals surface area (Å²) in [5, 5.41) is 18.5. The van der Waals surface area contributed by atoms with E-state index in [-0.39, 0.29) is 22.8 Å². The van der Waals surface area contributed by atoms with E-state index in [2.05, 4.69) is 39.2 Å². The number of carbonyl (C=O) groups excluding carboxylic acids is 1. The van der Waals surface area contributed by atoms with Crippen LogP contribution in [-0.4, -0.2) is 74.5 Å². The monoisotopic (exact) mass is 588 g/mol. The van der Waals surface area contributed by atoms with Gasteiger partial charge in [0.2, 0.25) is 5.03 Å². The Labute approximate surface area is 247 Å². The molecule has 2 aromatic carbocycles. The van der Waals surface area contributed by atoms with Gasteiger partial charge in [-0.25, -0.2) is 23.5 Å². The number of nitriles is 1. The Hall–Kier alpha value is -4.05. The zero-order valence-electron chi connectivity index (χ0n) is 24.2. The molecule has 2 aliphatic heterocycles. The fourth-order valence-electron chi connectivity index (χ4n) is 6.23. The number of carbonyl (C=O) groups is 1. The van der Waals surface area contributed by atoms with Gasteiger partial charge in [0, 0.05) is 55.9 Å². The van der Waals surface area contributed by atoms with E-state index in [0.29, 0.717) is 37.3 Å². The second-order valence-electron chi connectivity index (χ2n) is 10.8. The maximum Gasteiger partial charge on any atom is 0.259 e. The van der Waals surface area contributed by atoms with Crippen LogP contribution < -0.4 is 20.3 Å². The molecule has 42 heavy (non-hydrogen) atoms. The van der Waals surface area contributed by atoms with Gasteiger partial charge < -0.3 is 20.0 Å². The van der Waals surface area contributed by atoms with E-state index in [4.69, 9.17) is 5.14 Å². The number of piperidine rings is 1. The molecule has 0 aliphatic carbocycles. The fraction of sp³-hybridized carbons (Fsp3) is 0.400. The Kier molecular flexibility index (Phi) is 8.45. The van der Waals surface area contributed by atoms with E-state index in [1.807, 2.05) is 38.1 Å². The van der Waals surface area contributed by atoms with E-state index in [1.165, 1.54) is 12.4 Å². The Balaban J connectivity index is 1.49. The zero-order valence-corrected chi connectivity index (χ0v) is 25.0. The second-order valence-corrected chi connectivity index (χ2v) is 12.3. The molecular weight excluding hydrogens is 552 g/mol. The maximum absolute atomic E-state index is 14.1. The number of amides is 1. The first-order valence-corrected chi connectivity index (χ1v) is 15.6. The summed E-state index contributed by atoms with van der Waals surface area (Å²) in [7, 11) is -4.05. The van der Waals surface area contributed by atoms with E-state index in [9.17, 15) is 18.5 Å². The van der Waals surface area contributed by atoms with E-state index in [0.717, 1.165) is 54.0 Å². The van der Waals surface area contributed by atoms with Crippen molar-refractivity contribution in [2.24, 2.45) is 5.14 Å². The lowest BCUT2D eigenvalue weighted by Crippen LogP contribution is -2.49. The summed E-state index contributed by atoms with van der Waals surface area (Å²) in [6.45, 7) is 9.34. The van der Waals surface area contributed by atoms with Gasteiger partial charge in [-0.2, -0.15) is 5.26 Å². The third-order valence-electron chi connectivity index (χ3n) is 8.13. The molecular formula is C30H36N8O3S. The zero-order chi connectivity index (χ0) is 30.0. The minimum atomic E-state index is -4.05. The molecule has 2 fully saturated rings. The molecule has 11 nitrogen and oxygen atoms in total. The van der Waals surface area contributed by atoms with Gasteiger partial charge in [0.05, 0.1) is 11.3 Å². The molecule has 0 spiro atoms. The lowest BCUT2D eigenvalue weighted by Gasteiger charge is -2.40. The summed E-state index contributed by atoms with van der Waals surface area (Å²) >= 11 is 0. The van der Waals surface area contributed by atoms with E-state index < -0.39 is 10.0 Å². The van der Waals surface area contributed by atoms with Gasteiger partial charge in [-0.15, -0.1) is 0 Å². The molecule has 220 valence electrons. The van der Waals surface area contributed by atoms with Crippen LogP contribution in [0.15, 0.2) is 47.8 Å². The van der Waals surface area contributed by atoms with Crippen molar-refractivity contribution >= 4 is 33.1 Å². The molecule has 3 aromatic rings. The normalized spacial score (nSPS) is 16.3. The highest BCUT2D eigenvalue weighted by Crippen LogP contribution is 2.40. The average molecular weight is 589 g/mol. The van der Waals surface area contributed by atoms with Crippen LogP contribution in [0.5, 0.6) is 0 Å². The Morgan fingerprint density at radius 3 is 2.38 bits per heavy atom. The van der Waals surface area contributed by atoms with Crippen LogP contribution in [0.2, 0.25) is 0 Å². The summed E-state index contributed by atoms with van der Waals surface area (Å²) in [5.74, 6) is 0.126. The van der Waals surface area contributed by atoms with E-state index in [1.54, 1.807) is 9.80 Å². The van der Waals surface area contributed by atoms with Crippen LogP contribution >= 0.6 is 0 Å². The molecule has 0 atom stereocenters. The summed E-state index contributed by atoms with van der Waals surface area (Å²) in [5.41, 5.74) is 5.90. The minimum Gasteiger partial charge on any atom is -0.351 e. The van der Waals surface area contributed by atoms with Crippen molar-refractivity contribution in [2.75, 3.05) is 49.1 Å². The molecule has 0 bridgehead atoms. The largest absolute Gasteiger partial charge is 0.351 e. The van der Waals surface area contributed by atoms with Crippen molar-refractivity contribution in [3.63, 3.8) is 0 Å². The standard InChI is InChI=1S/C30H36N8O3S/c1-20-18-21(2)27(38(24-8-10-33-11-9-24)25-7-5-4-6-23(25)19-31)22(3)26(20)30(39)37-16-14-36(15-17-37)28-29(42(32,40)41)35-13-12-34-28/h4-7,12-13,18,24,33H,8-11,14-17H2,1-3H3,(H2,32,40,41). The predicted molar refractivity (Wildman–Crippen MR) is 161 cm³/mol. The van der Waals surface area contributed by atoms with Crippen LogP contribution in [0, 0.1) is 32.1 Å². The number of piperazine rings is 1. The van der Waals surface area contributed by atoms with Gasteiger partial charge in [-0.05, 0) is 75.5 Å². The van der Waals surface area contributed by atoms with Crippen molar-refractivity contribution in [2.45, 2.75) is 44.7 Å². The molecule has 3 heterocycles. The number of benzene rings is 2. The number of nitrogens with zero attached hydrogens (tertiary/aromatic N) is 6. The highest BCUT2D eigenvalue weighted by molar-refractivity contribution is 7.89. The van der Waals surface area contributed by atoms with Crippen LogP contribution in [-0.2, 0) is 10.0 Å². The van der Waals surface area contributed by atoms with Gasteiger partial charge in [-0.3, -0.25) is 4.79 Å². The number of aryl methyl sites for hydroxylation is 2. The first-order valence-electron chi connectivity index (χ1n) is 14.1. The van der Waals surface area contributed by atoms with Crippen LogP contribution in [0.3, 0.4) is 0 Å². The molecule has 12 heteroatoms. The molecule has 0 unspecified atom stereocenters. The van der Waals surface area contributed by atoms with Gasteiger partial charge in [0.15, 0.2) is 5.82 Å². The Morgan fingerprint density at radius 1 is 1.05 bits per heavy atom. The SMILES string of the molecule is Cc1cc(C)c(N(c2ccccc2C#N)C2CCNCC2)c(C)c1C(=O)N1CCN(c2nccnc2S(N)(=O)=O)CC1. The number of anilines is 3. The summed E-state index contributed by atoms with van der Waals surface area (Å²) in [4.78, 5) is 28.2. The van der Waals surface area contributed by atoms with Crippen molar-refractivity contribution in [1.82, 2.24) is 20.2 Å².